The van der Waals surface area contributed by atoms with E-state index in [4.69, 9.17) is 0 Å². The molecule has 0 aromatic heterocycles. The van der Waals surface area contributed by atoms with E-state index in [0.717, 1.165) is 12.8 Å². The SMILES string of the molecule is CCCC(c1ccccc1)C(C)Cc1ccc(CC(C)C(CCC)c2ccccc2)cc1. The second-order valence-corrected chi connectivity index (χ2v) is 9.79. The lowest BCUT2D eigenvalue weighted by Gasteiger charge is -2.25. The van der Waals surface area contributed by atoms with Crippen molar-refractivity contribution in [2.45, 2.75) is 78.1 Å². The highest BCUT2D eigenvalue weighted by molar-refractivity contribution is 5.27. The Balaban J connectivity index is 1.63. The average Bonchev–Trinajstić information content (AvgIpc) is 2.83. The molecule has 0 aliphatic carbocycles. The zero-order chi connectivity index (χ0) is 22.8. The topological polar surface area (TPSA) is 0 Å². The first-order valence-corrected chi connectivity index (χ1v) is 12.8. The monoisotopic (exact) mass is 426 g/mol. The van der Waals surface area contributed by atoms with Crippen LogP contribution in [-0.2, 0) is 12.8 Å². The molecule has 0 N–H and O–H groups in total. The lowest BCUT2D eigenvalue weighted by atomic mass is 9.79. The van der Waals surface area contributed by atoms with Gasteiger partial charge in [-0.1, -0.05) is 125 Å². The summed E-state index contributed by atoms with van der Waals surface area (Å²) >= 11 is 0. The van der Waals surface area contributed by atoms with Crippen molar-refractivity contribution in [1.82, 2.24) is 0 Å². The predicted molar refractivity (Wildman–Crippen MR) is 140 cm³/mol. The first-order valence-electron chi connectivity index (χ1n) is 12.8. The predicted octanol–water partition coefficient (Wildman–Crippen LogP) is 9.21. The van der Waals surface area contributed by atoms with Crippen molar-refractivity contribution in [1.29, 1.82) is 0 Å². The van der Waals surface area contributed by atoms with Gasteiger partial charge in [-0.2, -0.15) is 0 Å². The van der Waals surface area contributed by atoms with E-state index in [1.807, 2.05) is 0 Å². The number of hydrogen-bond donors (Lipinski definition) is 0. The Morgan fingerprint density at radius 1 is 0.500 bits per heavy atom. The fourth-order valence-electron chi connectivity index (χ4n) is 5.42. The summed E-state index contributed by atoms with van der Waals surface area (Å²) in [7, 11) is 0. The van der Waals surface area contributed by atoms with Gasteiger partial charge in [0.25, 0.3) is 0 Å². The molecule has 0 aliphatic rings. The molecular formula is C32H42. The van der Waals surface area contributed by atoms with Gasteiger partial charge in [0.15, 0.2) is 0 Å². The average molecular weight is 427 g/mol. The van der Waals surface area contributed by atoms with Crippen molar-refractivity contribution in [2.75, 3.05) is 0 Å². The Morgan fingerprint density at radius 3 is 1.16 bits per heavy atom. The van der Waals surface area contributed by atoms with Crippen molar-refractivity contribution in [3.8, 4) is 0 Å². The van der Waals surface area contributed by atoms with Gasteiger partial charge in [0.05, 0.1) is 0 Å². The van der Waals surface area contributed by atoms with E-state index in [-0.39, 0.29) is 0 Å². The van der Waals surface area contributed by atoms with Gasteiger partial charge in [0, 0.05) is 0 Å². The molecule has 0 saturated heterocycles. The van der Waals surface area contributed by atoms with Crippen molar-refractivity contribution in [2.24, 2.45) is 11.8 Å². The summed E-state index contributed by atoms with van der Waals surface area (Å²) in [6.45, 7) is 9.47. The van der Waals surface area contributed by atoms with Crippen LogP contribution in [0.15, 0.2) is 84.9 Å². The van der Waals surface area contributed by atoms with E-state index in [0.29, 0.717) is 23.7 Å². The molecule has 0 radical (unpaired) electrons. The van der Waals surface area contributed by atoms with Crippen LogP contribution in [0.3, 0.4) is 0 Å². The Bertz CT molecular complexity index is 802. The van der Waals surface area contributed by atoms with Crippen molar-refractivity contribution >= 4 is 0 Å². The lowest BCUT2D eigenvalue weighted by Crippen LogP contribution is -2.13. The molecule has 3 aromatic carbocycles. The molecule has 0 saturated carbocycles. The molecule has 0 bridgehead atoms. The number of rotatable bonds is 12. The highest BCUT2D eigenvalue weighted by Gasteiger charge is 2.20. The van der Waals surface area contributed by atoms with Gasteiger partial charge < -0.3 is 0 Å². The van der Waals surface area contributed by atoms with Crippen LogP contribution in [0.5, 0.6) is 0 Å². The molecule has 3 rings (SSSR count). The minimum Gasteiger partial charge on any atom is -0.0654 e. The quantitative estimate of drug-likeness (QED) is 0.271. The molecule has 4 atom stereocenters. The summed E-state index contributed by atoms with van der Waals surface area (Å²) in [6.07, 6.45) is 7.30. The summed E-state index contributed by atoms with van der Waals surface area (Å²) in [4.78, 5) is 0. The van der Waals surface area contributed by atoms with Gasteiger partial charge in [-0.15, -0.1) is 0 Å². The van der Waals surface area contributed by atoms with Crippen LogP contribution in [0.1, 0.15) is 87.5 Å². The second-order valence-electron chi connectivity index (χ2n) is 9.79. The highest BCUT2D eigenvalue weighted by Crippen LogP contribution is 2.33. The summed E-state index contributed by atoms with van der Waals surface area (Å²) < 4.78 is 0. The molecule has 0 spiro atoms. The molecule has 0 amide bonds. The molecule has 3 aromatic rings. The largest absolute Gasteiger partial charge is 0.0654 e. The van der Waals surface area contributed by atoms with Crippen LogP contribution in [0.4, 0.5) is 0 Å². The van der Waals surface area contributed by atoms with E-state index in [1.165, 1.54) is 47.9 Å². The first-order chi connectivity index (χ1) is 15.6. The van der Waals surface area contributed by atoms with Crippen LogP contribution >= 0.6 is 0 Å². The van der Waals surface area contributed by atoms with Crippen LogP contribution in [0.2, 0.25) is 0 Å². The van der Waals surface area contributed by atoms with E-state index >= 15 is 0 Å². The molecule has 4 unspecified atom stereocenters. The highest BCUT2D eigenvalue weighted by atomic mass is 14.2. The van der Waals surface area contributed by atoms with Crippen LogP contribution in [0.25, 0.3) is 0 Å². The normalized spacial score (nSPS) is 15.1. The smallest absolute Gasteiger partial charge is 0.0133 e. The van der Waals surface area contributed by atoms with Crippen molar-refractivity contribution in [3.05, 3.63) is 107 Å². The lowest BCUT2D eigenvalue weighted by molar-refractivity contribution is 0.425. The standard InChI is InChI=1S/C32H42/c1-5-13-31(29-15-9-7-10-16-29)25(3)23-27-19-21-28(22-20-27)24-26(4)32(14-6-2)30-17-11-8-12-18-30/h7-12,15-22,25-26,31-32H,5-6,13-14,23-24H2,1-4H3. The molecule has 0 aliphatic heterocycles. The zero-order valence-electron chi connectivity index (χ0n) is 20.6. The van der Waals surface area contributed by atoms with E-state index in [1.54, 1.807) is 0 Å². The van der Waals surface area contributed by atoms with Gasteiger partial charge >= 0.3 is 0 Å². The maximum absolute atomic E-state index is 2.43. The number of benzene rings is 3. The second kappa shape index (κ2) is 12.6. The maximum Gasteiger partial charge on any atom is -0.0133 e. The Morgan fingerprint density at radius 2 is 0.844 bits per heavy atom. The molecule has 0 fully saturated rings. The minimum absolute atomic E-state index is 0.640. The fourth-order valence-corrected chi connectivity index (χ4v) is 5.42. The van der Waals surface area contributed by atoms with Crippen molar-refractivity contribution in [3.63, 3.8) is 0 Å². The molecule has 32 heavy (non-hydrogen) atoms. The summed E-state index contributed by atoms with van der Waals surface area (Å²) in [5, 5.41) is 0. The van der Waals surface area contributed by atoms with E-state index in [9.17, 15) is 0 Å². The Kier molecular flexibility index (Phi) is 9.60. The number of hydrogen-bond acceptors (Lipinski definition) is 0. The molecule has 0 heterocycles. The van der Waals surface area contributed by atoms with Crippen LogP contribution in [-0.4, -0.2) is 0 Å². The van der Waals surface area contributed by atoms with Gasteiger partial charge in [-0.3, -0.25) is 0 Å². The maximum atomic E-state index is 2.43. The molecular weight excluding hydrogens is 384 g/mol. The molecule has 0 heteroatoms. The fraction of sp³-hybridized carbons (Fsp3) is 0.438. The molecule has 170 valence electrons. The first kappa shape index (κ1) is 24.3. The summed E-state index contributed by atoms with van der Waals surface area (Å²) in [5.74, 6) is 2.58. The third-order valence-corrected chi connectivity index (χ3v) is 7.17. The van der Waals surface area contributed by atoms with Crippen molar-refractivity contribution < 1.29 is 0 Å². The minimum atomic E-state index is 0.640. The van der Waals surface area contributed by atoms with E-state index in [2.05, 4.69) is 113 Å². The Hall–Kier alpha value is -2.34. The van der Waals surface area contributed by atoms with Crippen LogP contribution < -0.4 is 0 Å². The zero-order valence-corrected chi connectivity index (χ0v) is 20.6. The van der Waals surface area contributed by atoms with Gasteiger partial charge in [-0.25, -0.2) is 0 Å². The third kappa shape index (κ3) is 6.83. The summed E-state index contributed by atoms with van der Waals surface area (Å²) in [5.41, 5.74) is 5.93. The van der Waals surface area contributed by atoms with E-state index < -0.39 is 0 Å². The third-order valence-electron chi connectivity index (χ3n) is 7.17. The Labute approximate surface area is 197 Å². The van der Waals surface area contributed by atoms with Gasteiger partial charge in [0.2, 0.25) is 0 Å². The molecule has 0 nitrogen and oxygen atoms in total. The summed E-state index contributed by atoms with van der Waals surface area (Å²) in [6, 6.07) is 31.7. The van der Waals surface area contributed by atoms with Gasteiger partial charge in [-0.05, 0) is 71.6 Å². The van der Waals surface area contributed by atoms with Crippen LogP contribution in [0, 0.1) is 11.8 Å². The van der Waals surface area contributed by atoms with Gasteiger partial charge in [0.1, 0.15) is 0 Å².